The Labute approximate surface area is 101 Å². The normalized spacial score (nSPS) is 10.7. The molecule has 0 spiro atoms. The van der Waals surface area contributed by atoms with E-state index in [0.29, 0.717) is 22.9 Å². The fourth-order valence-corrected chi connectivity index (χ4v) is 1.52. The van der Waals surface area contributed by atoms with Crippen molar-refractivity contribution in [2.75, 3.05) is 5.73 Å². The first-order chi connectivity index (χ1) is 8.72. The van der Waals surface area contributed by atoms with Crippen molar-refractivity contribution in [2.24, 2.45) is 0 Å². The highest BCUT2D eigenvalue weighted by Crippen LogP contribution is 2.21. The van der Waals surface area contributed by atoms with Gasteiger partial charge < -0.3 is 10.3 Å². The van der Waals surface area contributed by atoms with Gasteiger partial charge in [0.2, 0.25) is 5.82 Å². The van der Waals surface area contributed by atoms with Gasteiger partial charge in [0.1, 0.15) is 17.3 Å². The summed E-state index contributed by atoms with van der Waals surface area (Å²) < 4.78 is 18.1. The molecule has 0 aliphatic carbocycles. The second kappa shape index (κ2) is 3.95. The number of halogens is 1. The molecule has 0 radical (unpaired) electrons. The van der Waals surface area contributed by atoms with Crippen LogP contribution >= 0.6 is 0 Å². The molecular formula is C11H8FN5O. The van der Waals surface area contributed by atoms with E-state index in [1.807, 2.05) is 0 Å². The number of hydrogen-bond acceptors (Lipinski definition) is 5. The summed E-state index contributed by atoms with van der Waals surface area (Å²) in [5.74, 6) is 0.524. The molecule has 7 heteroatoms. The van der Waals surface area contributed by atoms with Crippen molar-refractivity contribution in [3.63, 3.8) is 0 Å². The molecule has 1 aromatic carbocycles. The number of nitrogens with zero attached hydrogens (tertiary/aromatic N) is 3. The van der Waals surface area contributed by atoms with E-state index in [9.17, 15) is 4.39 Å². The van der Waals surface area contributed by atoms with Crippen LogP contribution in [0, 0.1) is 5.82 Å². The van der Waals surface area contributed by atoms with Crippen molar-refractivity contribution >= 4 is 5.82 Å². The van der Waals surface area contributed by atoms with Crippen molar-refractivity contribution in [3.8, 4) is 23.0 Å². The molecule has 3 aromatic rings. The molecule has 2 aromatic heterocycles. The van der Waals surface area contributed by atoms with Gasteiger partial charge in [-0.15, -0.1) is 0 Å². The van der Waals surface area contributed by atoms with Crippen LogP contribution in [0.3, 0.4) is 0 Å². The SMILES string of the molecule is Nc1cc(-c2nc(-c3cccc(F)c3)no2)[nH]n1. The van der Waals surface area contributed by atoms with E-state index in [-0.39, 0.29) is 11.7 Å². The van der Waals surface area contributed by atoms with Crippen molar-refractivity contribution in [1.29, 1.82) is 0 Å². The van der Waals surface area contributed by atoms with Gasteiger partial charge in [-0.1, -0.05) is 17.3 Å². The van der Waals surface area contributed by atoms with Gasteiger partial charge in [0, 0.05) is 11.6 Å². The molecule has 90 valence electrons. The zero-order chi connectivity index (χ0) is 12.5. The Morgan fingerprint density at radius 3 is 2.89 bits per heavy atom. The van der Waals surface area contributed by atoms with E-state index in [4.69, 9.17) is 10.3 Å². The third-order valence-corrected chi connectivity index (χ3v) is 2.34. The predicted molar refractivity (Wildman–Crippen MR) is 61.7 cm³/mol. The molecule has 0 amide bonds. The Hall–Kier alpha value is -2.70. The van der Waals surface area contributed by atoms with Crippen LogP contribution in [0.2, 0.25) is 0 Å². The highest BCUT2D eigenvalue weighted by Gasteiger charge is 2.12. The molecule has 3 N–H and O–H groups in total. The molecule has 18 heavy (non-hydrogen) atoms. The van der Waals surface area contributed by atoms with Crippen LogP contribution in [0.4, 0.5) is 10.2 Å². The van der Waals surface area contributed by atoms with Gasteiger partial charge >= 0.3 is 0 Å². The summed E-state index contributed by atoms with van der Waals surface area (Å²) in [4.78, 5) is 4.13. The second-order valence-corrected chi connectivity index (χ2v) is 3.64. The van der Waals surface area contributed by atoms with Crippen LogP contribution in [-0.2, 0) is 0 Å². The molecule has 0 saturated heterocycles. The fourth-order valence-electron chi connectivity index (χ4n) is 1.52. The Kier molecular flexibility index (Phi) is 2.30. The van der Waals surface area contributed by atoms with E-state index in [0.717, 1.165) is 0 Å². The molecule has 0 aliphatic rings. The number of benzene rings is 1. The molecule has 0 atom stereocenters. The van der Waals surface area contributed by atoms with Crippen LogP contribution in [0.15, 0.2) is 34.9 Å². The van der Waals surface area contributed by atoms with Gasteiger partial charge in [0.25, 0.3) is 5.89 Å². The summed E-state index contributed by atoms with van der Waals surface area (Å²) in [6.07, 6.45) is 0. The number of nitrogens with one attached hydrogen (secondary N) is 1. The summed E-state index contributed by atoms with van der Waals surface area (Å²) in [5, 5.41) is 10.2. The number of aromatic nitrogens is 4. The summed E-state index contributed by atoms with van der Waals surface area (Å²) in [6.45, 7) is 0. The maximum absolute atomic E-state index is 13.1. The zero-order valence-electron chi connectivity index (χ0n) is 9.09. The van der Waals surface area contributed by atoms with Crippen molar-refractivity contribution in [2.45, 2.75) is 0 Å². The lowest BCUT2D eigenvalue weighted by Crippen LogP contribution is -1.82. The maximum atomic E-state index is 13.1. The highest BCUT2D eigenvalue weighted by atomic mass is 19.1. The van der Waals surface area contributed by atoms with Crippen LogP contribution in [0.5, 0.6) is 0 Å². The van der Waals surface area contributed by atoms with Gasteiger partial charge in [-0.2, -0.15) is 10.1 Å². The van der Waals surface area contributed by atoms with Crippen LogP contribution in [0.1, 0.15) is 0 Å². The van der Waals surface area contributed by atoms with Gasteiger partial charge in [-0.05, 0) is 12.1 Å². The van der Waals surface area contributed by atoms with E-state index in [1.165, 1.54) is 12.1 Å². The molecule has 0 aliphatic heterocycles. The second-order valence-electron chi connectivity index (χ2n) is 3.64. The lowest BCUT2D eigenvalue weighted by molar-refractivity contribution is 0.431. The largest absolute Gasteiger partial charge is 0.382 e. The Balaban J connectivity index is 1.99. The Morgan fingerprint density at radius 2 is 2.17 bits per heavy atom. The van der Waals surface area contributed by atoms with Crippen LogP contribution in [-0.4, -0.2) is 20.3 Å². The van der Waals surface area contributed by atoms with Gasteiger partial charge in [-0.3, -0.25) is 5.10 Å². The average Bonchev–Trinajstić information content (AvgIpc) is 2.97. The molecular weight excluding hydrogens is 237 g/mol. The third kappa shape index (κ3) is 1.81. The lowest BCUT2D eigenvalue weighted by atomic mass is 10.2. The monoisotopic (exact) mass is 245 g/mol. The molecule has 6 nitrogen and oxygen atoms in total. The molecule has 0 saturated carbocycles. The first-order valence-electron chi connectivity index (χ1n) is 5.13. The third-order valence-electron chi connectivity index (χ3n) is 2.34. The average molecular weight is 245 g/mol. The topological polar surface area (TPSA) is 93.6 Å². The number of H-pyrrole nitrogens is 1. The molecule has 3 rings (SSSR count). The van der Waals surface area contributed by atoms with Gasteiger partial charge in [0.05, 0.1) is 0 Å². The molecule has 2 heterocycles. The molecule has 0 fully saturated rings. The number of hydrogen-bond donors (Lipinski definition) is 2. The first-order valence-corrected chi connectivity index (χ1v) is 5.13. The number of nitrogens with two attached hydrogens (primary N) is 1. The van der Waals surface area contributed by atoms with Crippen molar-refractivity contribution < 1.29 is 8.91 Å². The fraction of sp³-hybridized carbons (Fsp3) is 0. The highest BCUT2D eigenvalue weighted by molar-refractivity contribution is 5.59. The van der Waals surface area contributed by atoms with Crippen molar-refractivity contribution in [1.82, 2.24) is 20.3 Å². The summed E-state index contributed by atoms with van der Waals surface area (Å²) in [6, 6.07) is 7.52. The summed E-state index contributed by atoms with van der Waals surface area (Å²) in [5.41, 5.74) is 6.53. The van der Waals surface area contributed by atoms with E-state index in [2.05, 4.69) is 20.3 Å². The van der Waals surface area contributed by atoms with Crippen LogP contribution in [0.25, 0.3) is 23.0 Å². The number of nitrogen functional groups attached to an aromatic ring is 1. The zero-order valence-corrected chi connectivity index (χ0v) is 9.09. The predicted octanol–water partition coefficient (Wildman–Crippen LogP) is 1.85. The minimum Gasteiger partial charge on any atom is -0.382 e. The standard InChI is InChI=1S/C11H8FN5O/c12-7-3-1-2-6(4-7)10-14-11(18-17-10)8-5-9(13)16-15-8/h1-5H,(H3,13,15,16). The first kappa shape index (κ1) is 10.5. The minimum absolute atomic E-state index is 0.249. The van der Waals surface area contributed by atoms with E-state index in [1.54, 1.807) is 18.2 Å². The molecule has 0 unspecified atom stereocenters. The van der Waals surface area contributed by atoms with E-state index >= 15 is 0 Å². The number of rotatable bonds is 2. The maximum Gasteiger partial charge on any atom is 0.276 e. The smallest absolute Gasteiger partial charge is 0.276 e. The minimum atomic E-state index is -0.357. The Bertz CT molecular complexity index is 690. The molecule has 0 bridgehead atoms. The van der Waals surface area contributed by atoms with Crippen molar-refractivity contribution in [3.05, 3.63) is 36.1 Å². The number of anilines is 1. The van der Waals surface area contributed by atoms with Gasteiger partial charge in [-0.25, -0.2) is 4.39 Å². The summed E-state index contributed by atoms with van der Waals surface area (Å²) >= 11 is 0. The van der Waals surface area contributed by atoms with E-state index < -0.39 is 0 Å². The number of aromatic amines is 1. The van der Waals surface area contributed by atoms with Gasteiger partial charge in [0.15, 0.2) is 0 Å². The quantitative estimate of drug-likeness (QED) is 0.718. The summed E-state index contributed by atoms with van der Waals surface area (Å²) in [7, 11) is 0. The lowest BCUT2D eigenvalue weighted by Gasteiger charge is -1.92. The Morgan fingerprint density at radius 1 is 1.28 bits per heavy atom. The van der Waals surface area contributed by atoms with Crippen LogP contribution < -0.4 is 5.73 Å².